The zero-order valence-corrected chi connectivity index (χ0v) is 11.8. The summed E-state index contributed by atoms with van der Waals surface area (Å²) in [6.45, 7) is 1.86. The molecular weight excluding hydrogens is 262 g/mol. The van der Waals surface area contributed by atoms with Crippen LogP contribution in [0.5, 0.6) is 5.75 Å². The molecule has 1 atom stereocenters. The summed E-state index contributed by atoms with van der Waals surface area (Å²) in [5.74, 6) is 0.982. The van der Waals surface area contributed by atoms with Crippen LogP contribution in [0.15, 0.2) is 24.3 Å². The third-order valence-corrected chi connectivity index (χ3v) is 3.75. The van der Waals surface area contributed by atoms with Gasteiger partial charge in [0.25, 0.3) is 0 Å². The zero-order valence-electron chi connectivity index (χ0n) is 11.8. The van der Waals surface area contributed by atoms with Crippen LogP contribution < -0.4 is 10.5 Å². The average molecular weight is 284 g/mol. The standard InChI is InChI=1S/C15H22F2N2O/c1-2-19(10-11-3-4-11)14(9-18)12-5-7-13(8-6-12)20-15(16)17/h5-8,11,14-15H,2-4,9-10,18H2,1H3. The lowest BCUT2D eigenvalue weighted by atomic mass is 10.0. The number of rotatable bonds is 8. The van der Waals surface area contributed by atoms with E-state index in [1.54, 1.807) is 12.1 Å². The molecule has 112 valence electrons. The highest BCUT2D eigenvalue weighted by molar-refractivity contribution is 5.29. The van der Waals surface area contributed by atoms with Crippen LogP contribution in [0.2, 0.25) is 0 Å². The first-order valence-corrected chi connectivity index (χ1v) is 7.13. The molecule has 1 fully saturated rings. The third-order valence-electron chi connectivity index (χ3n) is 3.75. The Morgan fingerprint density at radius 3 is 2.40 bits per heavy atom. The lowest BCUT2D eigenvalue weighted by molar-refractivity contribution is -0.0498. The summed E-state index contributed by atoms with van der Waals surface area (Å²) in [5.41, 5.74) is 6.96. The maximum absolute atomic E-state index is 12.1. The fourth-order valence-electron chi connectivity index (χ4n) is 2.48. The van der Waals surface area contributed by atoms with E-state index >= 15 is 0 Å². The van der Waals surface area contributed by atoms with E-state index in [-0.39, 0.29) is 11.8 Å². The third kappa shape index (κ3) is 4.15. The molecule has 0 aromatic heterocycles. The lowest BCUT2D eigenvalue weighted by Gasteiger charge is -2.30. The van der Waals surface area contributed by atoms with Gasteiger partial charge in [-0.2, -0.15) is 8.78 Å². The van der Waals surface area contributed by atoms with E-state index in [9.17, 15) is 8.78 Å². The highest BCUT2D eigenvalue weighted by Gasteiger charge is 2.27. The van der Waals surface area contributed by atoms with Gasteiger partial charge < -0.3 is 10.5 Å². The van der Waals surface area contributed by atoms with Crippen molar-refractivity contribution in [1.82, 2.24) is 4.90 Å². The van der Waals surface area contributed by atoms with Gasteiger partial charge in [0.2, 0.25) is 0 Å². The van der Waals surface area contributed by atoms with Gasteiger partial charge in [0, 0.05) is 19.1 Å². The lowest BCUT2D eigenvalue weighted by Crippen LogP contribution is -2.35. The molecule has 3 nitrogen and oxygen atoms in total. The van der Waals surface area contributed by atoms with Crippen LogP contribution in [0.25, 0.3) is 0 Å². The van der Waals surface area contributed by atoms with Crippen LogP contribution in [-0.2, 0) is 0 Å². The van der Waals surface area contributed by atoms with Crippen molar-refractivity contribution < 1.29 is 13.5 Å². The molecule has 2 N–H and O–H groups in total. The van der Waals surface area contributed by atoms with Gasteiger partial charge in [-0.3, -0.25) is 4.90 Å². The van der Waals surface area contributed by atoms with Crippen molar-refractivity contribution >= 4 is 0 Å². The Labute approximate surface area is 118 Å². The minimum absolute atomic E-state index is 0.140. The molecule has 1 aliphatic carbocycles. The van der Waals surface area contributed by atoms with Gasteiger partial charge in [-0.1, -0.05) is 19.1 Å². The number of nitrogens with zero attached hydrogens (tertiary/aromatic N) is 1. The van der Waals surface area contributed by atoms with Crippen molar-refractivity contribution in [2.75, 3.05) is 19.6 Å². The first-order chi connectivity index (χ1) is 9.63. The highest BCUT2D eigenvalue weighted by atomic mass is 19.3. The fraction of sp³-hybridized carbons (Fsp3) is 0.600. The predicted molar refractivity (Wildman–Crippen MR) is 74.8 cm³/mol. The molecular formula is C15H22F2N2O. The second-order valence-electron chi connectivity index (χ2n) is 5.23. The Balaban J connectivity index is 2.05. The molecule has 0 heterocycles. The minimum Gasteiger partial charge on any atom is -0.435 e. The van der Waals surface area contributed by atoms with Crippen molar-refractivity contribution in [3.8, 4) is 5.75 Å². The van der Waals surface area contributed by atoms with Crippen LogP contribution in [0.4, 0.5) is 8.78 Å². The van der Waals surface area contributed by atoms with Crippen LogP contribution >= 0.6 is 0 Å². The Kier molecular flexibility index (Phi) is 5.31. The summed E-state index contributed by atoms with van der Waals surface area (Å²) in [4.78, 5) is 2.36. The summed E-state index contributed by atoms with van der Waals surface area (Å²) >= 11 is 0. The summed E-state index contributed by atoms with van der Waals surface area (Å²) in [6.07, 6.45) is 2.60. The van der Waals surface area contributed by atoms with E-state index in [1.165, 1.54) is 12.8 Å². The molecule has 2 rings (SSSR count). The van der Waals surface area contributed by atoms with Crippen LogP contribution in [0.3, 0.4) is 0 Å². The number of halogens is 2. The molecule has 0 radical (unpaired) electrons. The van der Waals surface area contributed by atoms with E-state index in [0.717, 1.165) is 24.6 Å². The van der Waals surface area contributed by atoms with E-state index in [1.807, 2.05) is 12.1 Å². The number of ether oxygens (including phenoxy) is 1. The normalized spacial score (nSPS) is 16.7. The number of likely N-dealkylation sites (N-methyl/N-ethyl adjacent to an activating group) is 1. The second-order valence-corrected chi connectivity index (χ2v) is 5.23. The number of hydrogen-bond acceptors (Lipinski definition) is 3. The molecule has 5 heteroatoms. The van der Waals surface area contributed by atoms with Crippen molar-refractivity contribution in [1.29, 1.82) is 0 Å². The summed E-state index contributed by atoms with van der Waals surface area (Å²) in [6, 6.07) is 6.95. The van der Waals surface area contributed by atoms with Gasteiger partial charge in [-0.15, -0.1) is 0 Å². The monoisotopic (exact) mass is 284 g/mol. The van der Waals surface area contributed by atoms with Crippen molar-refractivity contribution in [2.24, 2.45) is 11.7 Å². The quantitative estimate of drug-likeness (QED) is 0.797. The van der Waals surface area contributed by atoms with Gasteiger partial charge in [-0.05, 0) is 43.0 Å². The first kappa shape index (κ1) is 15.2. The largest absolute Gasteiger partial charge is 0.435 e. The van der Waals surface area contributed by atoms with Crippen molar-refractivity contribution in [3.05, 3.63) is 29.8 Å². The Bertz CT molecular complexity index is 407. The van der Waals surface area contributed by atoms with Gasteiger partial charge in [0.05, 0.1) is 0 Å². The Morgan fingerprint density at radius 1 is 1.30 bits per heavy atom. The smallest absolute Gasteiger partial charge is 0.387 e. The van der Waals surface area contributed by atoms with Gasteiger partial charge in [-0.25, -0.2) is 0 Å². The topological polar surface area (TPSA) is 38.5 Å². The Hall–Kier alpha value is -1.20. The van der Waals surface area contributed by atoms with Crippen LogP contribution in [0, 0.1) is 5.92 Å². The number of benzene rings is 1. The molecule has 1 aromatic carbocycles. The molecule has 0 spiro atoms. The number of nitrogens with two attached hydrogens (primary N) is 1. The second kappa shape index (κ2) is 6.99. The van der Waals surface area contributed by atoms with E-state index in [0.29, 0.717) is 6.54 Å². The molecule has 20 heavy (non-hydrogen) atoms. The zero-order chi connectivity index (χ0) is 14.5. The SMILES string of the molecule is CCN(CC1CC1)C(CN)c1ccc(OC(F)F)cc1. The molecule has 0 aliphatic heterocycles. The first-order valence-electron chi connectivity index (χ1n) is 7.13. The van der Waals surface area contributed by atoms with E-state index in [2.05, 4.69) is 16.6 Å². The average Bonchev–Trinajstić information content (AvgIpc) is 3.23. The molecule has 1 aliphatic rings. The molecule has 0 bridgehead atoms. The van der Waals surface area contributed by atoms with E-state index < -0.39 is 6.61 Å². The minimum atomic E-state index is -2.78. The van der Waals surface area contributed by atoms with Gasteiger partial charge in [0.1, 0.15) is 5.75 Å². The summed E-state index contributed by atoms with van der Waals surface area (Å²) in [5, 5.41) is 0. The summed E-state index contributed by atoms with van der Waals surface area (Å²) < 4.78 is 28.6. The van der Waals surface area contributed by atoms with Crippen LogP contribution in [0.1, 0.15) is 31.4 Å². The maximum Gasteiger partial charge on any atom is 0.387 e. The van der Waals surface area contributed by atoms with Crippen molar-refractivity contribution in [3.63, 3.8) is 0 Å². The van der Waals surface area contributed by atoms with Crippen molar-refractivity contribution in [2.45, 2.75) is 32.4 Å². The van der Waals surface area contributed by atoms with Gasteiger partial charge >= 0.3 is 6.61 Å². The fourth-order valence-corrected chi connectivity index (χ4v) is 2.48. The molecule has 1 unspecified atom stereocenters. The Morgan fingerprint density at radius 2 is 1.95 bits per heavy atom. The van der Waals surface area contributed by atoms with Gasteiger partial charge in [0.15, 0.2) is 0 Å². The predicted octanol–water partition coefficient (Wildman–Crippen LogP) is 3.02. The van der Waals surface area contributed by atoms with E-state index in [4.69, 9.17) is 5.73 Å². The van der Waals surface area contributed by atoms with Crippen LogP contribution in [-0.4, -0.2) is 31.1 Å². The number of alkyl halides is 2. The molecule has 0 amide bonds. The highest BCUT2D eigenvalue weighted by Crippen LogP contribution is 2.32. The number of hydrogen-bond donors (Lipinski definition) is 1. The molecule has 1 saturated carbocycles. The summed E-state index contributed by atoms with van der Waals surface area (Å²) in [7, 11) is 0. The molecule has 1 aromatic rings. The maximum atomic E-state index is 12.1. The molecule has 0 saturated heterocycles.